The highest BCUT2D eigenvalue weighted by atomic mass is 15.1. The Morgan fingerprint density at radius 2 is 1.64 bits per heavy atom. The molecule has 80 valence electrons. The Morgan fingerprint density at radius 1 is 0.929 bits per heavy atom. The molecule has 0 aromatic rings. The number of quaternary nitrogens is 1. The molecule has 0 unspecified atom stereocenters. The van der Waals surface area contributed by atoms with Crippen LogP contribution in [0.2, 0.25) is 0 Å². The minimum absolute atomic E-state index is 0.745. The van der Waals surface area contributed by atoms with Crippen LogP contribution in [-0.2, 0) is 0 Å². The summed E-state index contributed by atoms with van der Waals surface area (Å²) in [5.41, 5.74) is 0. The molecule has 1 saturated heterocycles. The van der Waals surface area contributed by atoms with E-state index >= 15 is 0 Å². The second-order valence-corrected chi connectivity index (χ2v) is 4.38. The minimum atomic E-state index is 0.745. The van der Waals surface area contributed by atoms with Gasteiger partial charge in [-0.1, -0.05) is 0 Å². The van der Waals surface area contributed by atoms with E-state index in [0.717, 1.165) is 12.8 Å². The maximum absolute atomic E-state index is 8.40. The van der Waals surface area contributed by atoms with Gasteiger partial charge in [0.25, 0.3) is 0 Å². The highest BCUT2D eigenvalue weighted by molar-refractivity contribution is 4.67. The van der Waals surface area contributed by atoms with Crippen LogP contribution in [0.1, 0.15) is 51.4 Å². The Hall–Kier alpha value is -0.550. The summed E-state index contributed by atoms with van der Waals surface area (Å²) in [4.78, 5) is 1.81. The van der Waals surface area contributed by atoms with E-state index in [4.69, 9.17) is 5.26 Å². The van der Waals surface area contributed by atoms with Crippen LogP contribution >= 0.6 is 0 Å². The summed E-state index contributed by atoms with van der Waals surface area (Å²) >= 11 is 0. The predicted molar refractivity (Wildman–Crippen MR) is 58.1 cm³/mol. The third kappa shape index (κ3) is 5.24. The average molecular weight is 195 g/mol. The third-order valence-electron chi connectivity index (χ3n) is 3.13. The van der Waals surface area contributed by atoms with Gasteiger partial charge in [-0.15, -0.1) is 0 Å². The summed E-state index contributed by atoms with van der Waals surface area (Å²) in [7, 11) is 0. The molecule has 0 aromatic carbocycles. The molecule has 1 heterocycles. The quantitative estimate of drug-likeness (QED) is 0.662. The lowest BCUT2D eigenvalue weighted by molar-refractivity contribution is -0.899. The molecule has 0 saturated carbocycles. The smallest absolute Gasteiger partial charge is 0.0770 e. The molecular formula is C12H23N2+. The van der Waals surface area contributed by atoms with Gasteiger partial charge in [0.05, 0.1) is 25.7 Å². The van der Waals surface area contributed by atoms with Crippen molar-refractivity contribution in [1.29, 1.82) is 5.26 Å². The number of hydrogen-bond acceptors (Lipinski definition) is 1. The van der Waals surface area contributed by atoms with E-state index in [1.807, 2.05) is 0 Å². The molecule has 1 rings (SSSR count). The van der Waals surface area contributed by atoms with E-state index in [0.29, 0.717) is 0 Å². The second kappa shape index (κ2) is 7.82. The first-order valence-corrected chi connectivity index (χ1v) is 6.14. The van der Waals surface area contributed by atoms with Gasteiger partial charge in [0.15, 0.2) is 0 Å². The third-order valence-corrected chi connectivity index (χ3v) is 3.13. The summed E-state index contributed by atoms with van der Waals surface area (Å²) < 4.78 is 0. The molecule has 1 aliphatic heterocycles. The fraction of sp³-hybridized carbons (Fsp3) is 0.917. The normalized spacial score (nSPS) is 18.8. The Bertz CT molecular complexity index is 164. The molecule has 1 aliphatic rings. The maximum atomic E-state index is 8.40. The minimum Gasteiger partial charge on any atom is -0.335 e. The van der Waals surface area contributed by atoms with Crippen LogP contribution in [0.4, 0.5) is 0 Å². The van der Waals surface area contributed by atoms with E-state index in [-0.39, 0.29) is 0 Å². The summed E-state index contributed by atoms with van der Waals surface area (Å²) in [5, 5.41) is 8.40. The van der Waals surface area contributed by atoms with Crippen molar-refractivity contribution in [3.8, 4) is 6.07 Å². The molecule has 0 spiro atoms. The van der Waals surface area contributed by atoms with Gasteiger partial charge in [-0.2, -0.15) is 5.26 Å². The van der Waals surface area contributed by atoms with Crippen molar-refractivity contribution in [2.75, 3.05) is 19.6 Å². The molecule has 0 radical (unpaired) electrons. The molecule has 0 aromatic heterocycles. The van der Waals surface area contributed by atoms with Gasteiger partial charge in [-0.25, -0.2) is 0 Å². The Kier molecular flexibility index (Phi) is 6.43. The van der Waals surface area contributed by atoms with Crippen molar-refractivity contribution in [1.82, 2.24) is 0 Å². The first-order valence-electron chi connectivity index (χ1n) is 6.14. The van der Waals surface area contributed by atoms with Crippen molar-refractivity contribution < 1.29 is 4.90 Å². The SMILES string of the molecule is N#CCCCCC[NH+]1CCCCCC1. The van der Waals surface area contributed by atoms with Crippen LogP contribution < -0.4 is 4.90 Å². The molecule has 0 amide bonds. The molecule has 0 aliphatic carbocycles. The lowest BCUT2D eigenvalue weighted by atomic mass is 10.2. The van der Waals surface area contributed by atoms with Crippen LogP contribution in [0.25, 0.3) is 0 Å². The number of rotatable bonds is 5. The van der Waals surface area contributed by atoms with Crippen LogP contribution in [-0.4, -0.2) is 19.6 Å². The average Bonchev–Trinajstić information content (AvgIpc) is 2.46. The van der Waals surface area contributed by atoms with E-state index in [2.05, 4.69) is 6.07 Å². The number of nitriles is 1. The van der Waals surface area contributed by atoms with Gasteiger partial charge < -0.3 is 4.90 Å². The van der Waals surface area contributed by atoms with E-state index < -0.39 is 0 Å². The summed E-state index contributed by atoms with van der Waals surface area (Å²) in [6.07, 6.45) is 10.1. The zero-order valence-electron chi connectivity index (χ0n) is 9.23. The Morgan fingerprint density at radius 3 is 2.29 bits per heavy atom. The van der Waals surface area contributed by atoms with Gasteiger partial charge >= 0.3 is 0 Å². The molecular weight excluding hydrogens is 172 g/mol. The molecule has 2 heteroatoms. The molecule has 1 fully saturated rings. The second-order valence-electron chi connectivity index (χ2n) is 4.38. The number of unbranched alkanes of at least 4 members (excludes halogenated alkanes) is 3. The molecule has 0 bridgehead atoms. The highest BCUT2D eigenvalue weighted by Crippen LogP contribution is 2.00. The van der Waals surface area contributed by atoms with Gasteiger partial charge in [0, 0.05) is 6.42 Å². The van der Waals surface area contributed by atoms with E-state index in [9.17, 15) is 0 Å². The topological polar surface area (TPSA) is 28.2 Å². The van der Waals surface area contributed by atoms with Gasteiger partial charge in [0.1, 0.15) is 0 Å². The van der Waals surface area contributed by atoms with Gasteiger partial charge in [-0.05, 0) is 44.9 Å². The number of nitrogens with zero attached hydrogens (tertiary/aromatic N) is 1. The van der Waals surface area contributed by atoms with Crippen molar-refractivity contribution in [2.24, 2.45) is 0 Å². The molecule has 1 N–H and O–H groups in total. The van der Waals surface area contributed by atoms with Crippen LogP contribution in [0.3, 0.4) is 0 Å². The number of hydrogen-bond donors (Lipinski definition) is 1. The van der Waals surface area contributed by atoms with Crippen LogP contribution in [0, 0.1) is 11.3 Å². The Balaban J connectivity index is 1.96. The van der Waals surface area contributed by atoms with E-state index in [1.165, 1.54) is 58.2 Å². The molecule has 14 heavy (non-hydrogen) atoms. The van der Waals surface area contributed by atoms with Crippen molar-refractivity contribution in [3.63, 3.8) is 0 Å². The summed E-state index contributed by atoms with van der Waals surface area (Å²) in [6.45, 7) is 4.11. The summed E-state index contributed by atoms with van der Waals surface area (Å²) in [5.74, 6) is 0. The van der Waals surface area contributed by atoms with Crippen molar-refractivity contribution in [3.05, 3.63) is 0 Å². The monoisotopic (exact) mass is 195 g/mol. The zero-order chi connectivity index (χ0) is 10.1. The molecule has 0 atom stereocenters. The number of likely N-dealkylation sites (tertiary alicyclic amines) is 1. The van der Waals surface area contributed by atoms with Gasteiger partial charge in [-0.3, -0.25) is 0 Å². The van der Waals surface area contributed by atoms with Gasteiger partial charge in [0.2, 0.25) is 0 Å². The standard InChI is InChI=1S/C12H22N2/c13-9-5-1-2-6-10-14-11-7-3-4-8-12-14/h1-8,10-12H2/p+1. The zero-order valence-corrected chi connectivity index (χ0v) is 9.23. The van der Waals surface area contributed by atoms with Crippen LogP contribution in [0.5, 0.6) is 0 Å². The largest absolute Gasteiger partial charge is 0.335 e. The van der Waals surface area contributed by atoms with Crippen molar-refractivity contribution in [2.45, 2.75) is 51.4 Å². The lowest BCUT2D eigenvalue weighted by Crippen LogP contribution is -3.11. The fourth-order valence-electron chi connectivity index (χ4n) is 2.23. The van der Waals surface area contributed by atoms with Crippen molar-refractivity contribution >= 4 is 0 Å². The Labute approximate surface area is 87.9 Å². The highest BCUT2D eigenvalue weighted by Gasteiger charge is 2.10. The van der Waals surface area contributed by atoms with E-state index in [1.54, 1.807) is 4.90 Å². The summed E-state index contributed by atoms with van der Waals surface area (Å²) in [6, 6.07) is 2.21. The first kappa shape index (κ1) is 11.5. The lowest BCUT2D eigenvalue weighted by Gasteiger charge is -2.16. The first-order chi connectivity index (χ1) is 6.93. The predicted octanol–water partition coefficient (Wildman–Crippen LogP) is 1.53. The fourth-order valence-corrected chi connectivity index (χ4v) is 2.23. The molecule has 2 nitrogen and oxygen atoms in total. The maximum Gasteiger partial charge on any atom is 0.0770 e. The van der Waals surface area contributed by atoms with Crippen LogP contribution in [0.15, 0.2) is 0 Å². The number of nitrogens with one attached hydrogen (secondary N) is 1.